The number of hydrogen-bond donors (Lipinski definition) is 1. The van der Waals surface area contributed by atoms with Crippen molar-refractivity contribution < 1.29 is 9.47 Å². The van der Waals surface area contributed by atoms with Crippen molar-refractivity contribution in [1.82, 2.24) is 9.97 Å². The average Bonchev–Trinajstić information content (AvgIpc) is 2.71. The van der Waals surface area contributed by atoms with E-state index in [4.69, 9.17) is 9.47 Å². The molecule has 1 aromatic heterocycles. The molecule has 2 aromatic rings. The molecule has 5 nitrogen and oxygen atoms in total. The van der Waals surface area contributed by atoms with Crippen LogP contribution >= 0.6 is 0 Å². The Morgan fingerprint density at radius 2 is 2.19 bits per heavy atom. The lowest BCUT2D eigenvalue weighted by Gasteiger charge is -2.11. The highest BCUT2D eigenvalue weighted by molar-refractivity contribution is 5.51. The standard InChI is InChI=1S/C16H19N3O2/c1-20-8-4-7-17-16-13-9-12-5-2-3-6-15(12)21-10-14(13)18-11-19-16/h2-3,5-6,11H,4,7-10H2,1H3,(H,17,18,19). The van der Waals surface area contributed by atoms with Gasteiger partial charge in [0.1, 0.15) is 24.5 Å². The van der Waals surface area contributed by atoms with Crippen LogP contribution in [-0.4, -0.2) is 30.2 Å². The van der Waals surface area contributed by atoms with Gasteiger partial charge in [-0.25, -0.2) is 9.97 Å². The Labute approximate surface area is 124 Å². The van der Waals surface area contributed by atoms with Crippen LogP contribution in [0.1, 0.15) is 23.2 Å². The second-order valence-electron chi connectivity index (χ2n) is 4.99. The van der Waals surface area contributed by atoms with Crippen molar-refractivity contribution >= 4 is 5.82 Å². The van der Waals surface area contributed by atoms with Crippen LogP contribution in [0.15, 0.2) is 30.6 Å². The molecule has 2 heterocycles. The lowest BCUT2D eigenvalue weighted by atomic mass is 10.0. The van der Waals surface area contributed by atoms with Crippen LogP contribution < -0.4 is 10.1 Å². The van der Waals surface area contributed by atoms with E-state index in [-0.39, 0.29) is 0 Å². The molecule has 1 N–H and O–H groups in total. The van der Waals surface area contributed by atoms with E-state index in [9.17, 15) is 0 Å². The molecule has 0 unspecified atom stereocenters. The van der Waals surface area contributed by atoms with Crippen molar-refractivity contribution in [3.05, 3.63) is 47.4 Å². The van der Waals surface area contributed by atoms with Crippen LogP contribution in [0.4, 0.5) is 5.82 Å². The fourth-order valence-corrected chi connectivity index (χ4v) is 2.46. The van der Waals surface area contributed by atoms with E-state index in [2.05, 4.69) is 21.4 Å². The van der Waals surface area contributed by atoms with E-state index in [1.807, 2.05) is 18.2 Å². The summed E-state index contributed by atoms with van der Waals surface area (Å²) in [7, 11) is 1.71. The Bertz CT molecular complexity index is 616. The van der Waals surface area contributed by atoms with Crippen LogP contribution in [0.25, 0.3) is 0 Å². The van der Waals surface area contributed by atoms with Crippen LogP contribution in [-0.2, 0) is 17.8 Å². The van der Waals surface area contributed by atoms with Crippen molar-refractivity contribution in [2.24, 2.45) is 0 Å². The Morgan fingerprint density at radius 1 is 1.29 bits per heavy atom. The smallest absolute Gasteiger partial charge is 0.133 e. The maximum Gasteiger partial charge on any atom is 0.133 e. The van der Waals surface area contributed by atoms with Gasteiger partial charge in [-0.15, -0.1) is 0 Å². The van der Waals surface area contributed by atoms with Gasteiger partial charge in [0.2, 0.25) is 0 Å². The third kappa shape index (κ3) is 3.13. The maximum absolute atomic E-state index is 5.83. The summed E-state index contributed by atoms with van der Waals surface area (Å²) in [5.74, 6) is 1.83. The van der Waals surface area contributed by atoms with Crippen LogP contribution in [0, 0.1) is 0 Å². The second-order valence-corrected chi connectivity index (χ2v) is 4.99. The summed E-state index contributed by atoms with van der Waals surface area (Å²) in [6.45, 7) is 2.06. The van der Waals surface area contributed by atoms with Crippen molar-refractivity contribution in [2.45, 2.75) is 19.4 Å². The maximum atomic E-state index is 5.83. The number of rotatable bonds is 5. The van der Waals surface area contributed by atoms with Gasteiger partial charge < -0.3 is 14.8 Å². The lowest BCUT2D eigenvalue weighted by molar-refractivity contribution is 0.197. The zero-order valence-electron chi connectivity index (χ0n) is 12.1. The van der Waals surface area contributed by atoms with Gasteiger partial charge in [-0.05, 0) is 18.1 Å². The predicted octanol–water partition coefficient (Wildman–Crippen LogP) is 2.41. The first kappa shape index (κ1) is 13.8. The van der Waals surface area contributed by atoms with E-state index in [1.54, 1.807) is 13.4 Å². The van der Waals surface area contributed by atoms with Gasteiger partial charge in [0.05, 0.1) is 5.69 Å². The molecule has 0 saturated carbocycles. The topological polar surface area (TPSA) is 56.3 Å². The molecule has 0 bridgehead atoms. The zero-order chi connectivity index (χ0) is 14.5. The van der Waals surface area contributed by atoms with E-state index >= 15 is 0 Å². The first-order valence-corrected chi connectivity index (χ1v) is 7.14. The normalized spacial score (nSPS) is 12.8. The molecule has 0 fully saturated rings. The van der Waals surface area contributed by atoms with Gasteiger partial charge in [-0.1, -0.05) is 18.2 Å². The Hall–Kier alpha value is -2.14. The average molecular weight is 285 g/mol. The van der Waals surface area contributed by atoms with Gasteiger partial charge in [-0.2, -0.15) is 0 Å². The Balaban J connectivity index is 1.83. The molecule has 0 amide bonds. The SMILES string of the molecule is COCCCNc1ncnc2c1Cc1ccccc1OC2. The zero-order valence-corrected chi connectivity index (χ0v) is 12.1. The molecule has 0 aliphatic carbocycles. The van der Waals surface area contributed by atoms with E-state index in [0.29, 0.717) is 6.61 Å². The molecule has 1 aromatic carbocycles. The van der Waals surface area contributed by atoms with Crippen molar-refractivity contribution in [2.75, 3.05) is 25.6 Å². The van der Waals surface area contributed by atoms with E-state index < -0.39 is 0 Å². The van der Waals surface area contributed by atoms with Crippen molar-refractivity contribution in [3.63, 3.8) is 0 Å². The second kappa shape index (κ2) is 6.54. The number of fused-ring (bicyclic) bond motifs is 2. The molecule has 1 aliphatic heterocycles. The van der Waals surface area contributed by atoms with E-state index in [0.717, 1.165) is 48.8 Å². The third-order valence-electron chi connectivity index (χ3n) is 3.56. The first-order valence-electron chi connectivity index (χ1n) is 7.14. The van der Waals surface area contributed by atoms with Gasteiger partial charge in [0.25, 0.3) is 0 Å². The van der Waals surface area contributed by atoms with Crippen molar-refractivity contribution in [3.8, 4) is 5.75 Å². The third-order valence-corrected chi connectivity index (χ3v) is 3.56. The molecular weight excluding hydrogens is 266 g/mol. The number of ether oxygens (including phenoxy) is 2. The fourth-order valence-electron chi connectivity index (χ4n) is 2.46. The Morgan fingerprint density at radius 3 is 3.10 bits per heavy atom. The highest BCUT2D eigenvalue weighted by Crippen LogP contribution is 2.29. The molecular formula is C16H19N3O2. The largest absolute Gasteiger partial charge is 0.487 e. The quantitative estimate of drug-likeness (QED) is 0.855. The molecule has 0 radical (unpaired) electrons. The number of nitrogens with zero attached hydrogens (tertiary/aromatic N) is 2. The number of aromatic nitrogens is 2. The highest BCUT2D eigenvalue weighted by Gasteiger charge is 2.18. The summed E-state index contributed by atoms with van der Waals surface area (Å²) in [5, 5.41) is 3.38. The lowest BCUT2D eigenvalue weighted by Crippen LogP contribution is -2.11. The number of para-hydroxylation sites is 1. The Kier molecular flexibility index (Phi) is 4.31. The summed E-state index contributed by atoms with van der Waals surface area (Å²) < 4.78 is 10.9. The minimum absolute atomic E-state index is 0.488. The number of hydrogen-bond acceptors (Lipinski definition) is 5. The van der Waals surface area contributed by atoms with Crippen LogP contribution in [0.3, 0.4) is 0 Å². The van der Waals surface area contributed by atoms with Crippen LogP contribution in [0.2, 0.25) is 0 Å². The van der Waals surface area contributed by atoms with Gasteiger partial charge in [0, 0.05) is 32.2 Å². The molecule has 5 heteroatoms. The number of benzene rings is 1. The summed E-state index contributed by atoms with van der Waals surface area (Å²) in [5.41, 5.74) is 3.25. The van der Waals surface area contributed by atoms with Gasteiger partial charge in [-0.3, -0.25) is 0 Å². The molecule has 110 valence electrons. The van der Waals surface area contributed by atoms with Gasteiger partial charge in [0.15, 0.2) is 0 Å². The number of nitrogens with one attached hydrogen (secondary N) is 1. The summed E-state index contributed by atoms with van der Waals surface area (Å²) in [6, 6.07) is 8.11. The fraction of sp³-hybridized carbons (Fsp3) is 0.375. The number of anilines is 1. The summed E-state index contributed by atoms with van der Waals surface area (Å²) in [6.07, 6.45) is 3.33. The molecule has 21 heavy (non-hydrogen) atoms. The minimum atomic E-state index is 0.488. The monoisotopic (exact) mass is 285 g/mol. The number of methoxy groups -OCH3 is 1. The molecule has 1 aliphatic rings. The van der Waals surface area contributed by atoms with Gasteiger partial charge >= 0.3 is 0 Å². The van der Waals surface area contributed by atoms with Crippen molar-refractivity contribution in [1.29, 1.82) is 0 Å². The molecule has 0 atom stereocenters. The van der Waals surface area contributed by atoms with E-state index in [1.165, 1.54) is 5.56 Å². The minimum Gasteiger partial charge on any atom is -0.487 e. The summed E-state index contributed by atoms with van der Waals surface area (Å²) >= 11 is 0. The first-order chi connectivity index (χ1) is 10.4. The molecule has 0 saturated heterocycles. The molecule has 0 spiro atoms. The predicted molar refractivity (Wildman–Crippen MR) is 80.6 cm³/mol. The highest BCUT2D eigenvalue weighted by atomic mass is 16.5. The van der Waals surface area contributed by atoms with Crippen LogP contribution in [0.5, 0.6) is 5.75 Å². The molecule has 3 rings (SSSR count). The summed E-state index contributed by atoms with van der Waals surface area (Å²) in [4.78, 5) is 8.75.